The molecule has 56 valence electrons. The van der Waals surface area contributed by atoms with Crippen LogP contribution in [-0.2, 0) is 6.67 Å². The lowest BCUT2D eigenvalue weighted by Crippen LogP contribution is -1.77. The Hall–Kier alpha value is -1.38. The Bertz CT molecular complexity index is 367. The number of nitrogens with one attached hydrogen (secondary N) is 1. The average Bonchev–Trinajstić information content (AvgIpc) is 2.50. The van der Waals surface area contributed by atoms with Crippen LogP contribution in [0.1, 0.15) is 5.56 Å². The highest BCUT2D eigenvalue weighted by molar-refractivity contribution is 5.74. The number of fused-ring (bicyclic) bond motifs is 1. The maximum atomic E-state index is 12.1. The fraction of sp³-hybridized carbons (Fsp3) is 0.125. The van der Waals surface area contributed by atoms with E-state index in [1.54, 1.807) is 24.5 Å². The van der Waals surface area contributed by atoms with Crippen LogP contribution in [0.4, 0.5) is 4.39 Å². The summed E-state index contributed by atoms with van der Waals surface area (Å²) in [7, 11) is 0. The molecule has 2 nitrogen and oxygen atoms in total. The molecule has 0 unspecified atom stereocenters. The van der Waals surface area contributed by atoms with Gasteiger partial charge in [0.15, 0.2) is 0 Å². The first-order chi connectivity index (χ1) is 5.40. The molecule has 0 fully saturated rings. The van der Waals surface area contributed by atoms with Gasteiger partial charge in [-0.2, -0.15) is 0 Å². The second kappa shape index (κ2) is 2.34. The number of rotatable bonds is 1. The van der Waals surface area contributed by atoms with E-state index < -0.39 is 6.67 Å². The zero-order chi connectivity index (χ0) is 7.68. The molecule has 0 aliphatic carbocycles. The third-order valence-electron chi connectivity index (χ3n) is 1.64. The quantitative estimate of drug-likeness (QED) is 0.662. The zero-order valence-corrected chi connectivity index (χ0v) is 5.84. The summed E-state index contributed by atoms with van der Waals surface area (Å²) in [5.74, 6) is 0. The third kappa shape index (κ3) is 0.981. The number of halogens is 1. The van der Waals surface area contributed by atoms with Crippen molar-refractivity contribution in [1.29, 1.82) is 0 Å². The van der Waals surface area contributed by atoms with Crippen molar-refractivity contribution in [2.45, 2.75) is 6.67 Å². The molecule has 0 aliphatic rings. The predicted molar refractivity (Wildman–Crippen MR) is 40.9 cm³/mol. The fourth-order valence-electron chi connectivity index (χ4n) is 1.07. The number of alkyl halides is 1. The first-order valence-corrected chi connectivity index (χ1v) is 3.38. The molecule has 0 spiro atoms. The highest BCUT2D eigenvalue weighted by atomic mass is 19.1. The summed E-state index contributed by atoms with van der Waals surface area (Å²) >= 11 is 0. The SMILES string of the molecule is FCc1ccc2nc[nH]c2c1. The van der Waals surface area contributed by atoms with Crippen LogP contribution in [0.25, 0.3) is 11.0 Å². The summed E-state index contributed by atoms with van der Waals surface area (Å²) in [5, 5.41) is 0. The molecule has 1 aromatic carbocycles. The van der Waals surface area contributed by atoms with Crippen LogP contribution in [0, 0.1) is 0 Å². The minimum atomic E-state index is -0.422. The molecule has 1 heterocycles. The summed E-state index contributed by atoms with van der Waals surface area (Å²) in [4.78, 5) is 6.93. The van der Waals surface area contributed by atoms with Gasteiger partial charge in [-0.1, -0.05) is 6.07 Å². The molecule has 1 aromatic heterocycles. The van der Waals surface area contributed by atoms with Gasteiger partial charge in [0, 0.05) is 0 Å². The number of hydrogen-bond acceptors (Lipinski definition) is 1. The monoisotopic (exact) mass is 150 g/mol. The third-order valence-corrected chi connectivity index (χ3v) is 1.64. The first kappa shape index (κ1) is 6.34. The second-order valence-electron chi connectivity index (χ2n) is 2.39. The van der Waals surface area contributed by atoms with Crippen LogP contribution in [-0.4, -0.2) is 9.97 Å². The summed E-state index contributed by atoms with van der Waals surface area (Å²) < 4.78 is 12.1. The summed E-state index contributed by atoms with van der Waals surface area (Å²) in [6, 6.07) is 5.31. The van der Waals surface area contributed by atoms with Crippen molar-refractivity contribution >= 4 is 11.0 Å². The van der Waals surface area contributed by atoms with Crippen molar-refractivity contribution in [2.24, 2.45) is 0 Å². The van der Waals surface area contributed by atoms with E-state index in [2.05, 4.69) is 9.97 Å². The van der Waals surface area contributed by atoms with E-state index in [-0.39, 0.29) is 0 Å². The number of hydrogen-bond donors (Lipinski definition) is 1. The summed E-state index contributed by atoms with van der Waals surface area (Å²) in [6.07, 6.45) is 1.60. The number of aromatic amines is 1. The molecule has 0 saturated carbocycles. The van der Waals surface area contributed by atoms with Crippen molar-refractivity contribution in [2.75, 3.05) is 0 Å². The van der Waals surface area contributed by atoms with Crippen LogP contribution >= 0.6 is 0 Å². The lowest BCUT2D eigenvalue weighted by Gasteiger charge is -1.92. The maximum absolute atomic E-state index is 12.1. The number of benzene rings is 1. The molecule has 0 saturated heterocycles. The van der Waals surface area contributed by atoms with Crippen molar-refractivity contribution in [3.8, 4) is 0 Å². The Balaban J connectivity index is 2.67. The second-order valence-corrected chi connectivity index (χ2v) is 2.39. The Morgan fingerprint density at radius 2 is 2.36 bits per heavy atom. The van der Waals surface area contributed by atoms with Crippen LogP contribution < -0.4 is 0 Å². The standard InChI is InChI=1S/C8H7FN2/c9-4-6-1-2-7-8(3-6)11-5-10-7/h1-3,5H,4H2,(H,10,11). The van der Waals surface area contributed by atoms with Crippen molar-refractivity contribution in [3.05, 3.63) is 30.1 Å². The fourth-order valence-corrected chi connectivity index (χ4v) is 1.07. The van der Waals surface area contributed by atoms with Gasteiger partial charge in [0.2, 0.25) is 0 Å². The molecule has 2 aromatic rings. The molecule has 0 atom stereocenters. The van der Waals surface area contributed by atoms with Crippen LogP contribution in [0.5, 0.6) is 0 Å². The number of imidazole rings is 1. The van der Waals surface area contributed by atoms with Gasteiger partial charge < -0.3 is 4.98 Å². The normalized spacial score (nSPS) is 10.6. The molecule has 0 amide bonds. The Morgan fingerprint density at radius 1 is 1.45 bits per heavy atom. The molecule has 0 radical (unpaired) electrons. The van der Waals surface area contributed by atoms with Gasteiger partial charge in [0.1, 0.15) is 6.67 Å². The van der Waals surface area contributed by atoms with E-state index in [0.717, 1.165) is 11.0 Å². The van der Waals surface area contributed by atoms with E-state index in [9.17, 15) is 4.39 Å². The van der Waals surface area contributed by atoms with Gasteiger partial charge in [-0.15, -0.1) is 0 Å². The largest absolute Gasteiger partial charge is 0.345 e. The number of H-pyrrole nitrogens is 1. The van der Waals surface area contributed by atoms with Crippen LogP contribution in [0.3, 0.4) is 0 Å². The highest BCUT2D eigenvalue weighted by Crippen LogP contribution is 2.11. The van der Waals surface area contributed by atoms with E-state index >= 15 is 0 Å². The zero-order valence-electron chi connectivity index (χ0n) is 5.84. The minimum Gasteiger partial charge on any atom is -0.345 e. The molecule has 0 bridgehead atoms. The van der Waals surface area contributed by atoms with Crippen LogP contribution in [0.15, 0.2) is 24.5 Å². The van der Waals surface area contributed by atoms with E-state index in [1.165, 1.54) is 0 Å². The number of aromatic nitrogens is 2. The average molecular weight is 150 g/mol. The smallest absolute Gasteiger partial charge is 0.115 e. The van der Waals surface area contributed by atoms with Gasteiger partial charge in [0.25, 0.3) is 0 Å². The summed E-state index contributed by atoms with van der Waals surface area (Å²) in [5.41, 5.74) is 2.45. The van der Waals surface area contributed by atoms with Crippen molar-refractivity contribution in [1.82, 2.24) is 9.97 Å². The van der Waals surface area contributed by atoms with E-state index in [4.69, 9.17) is 0 Å². The molecule has 2 rings (SSSR count). The molecule has 11 heavy (non-hydrogen) atoms. The minimum absolute atomic E-state index is 0.422. The molecule has 1 N–H and O–H groups in total. The van der Waals surface area contributed by atoms with E-state index in [0.29, 0.717) is 5.56 Å². The van der Waals surface area contributed by atoms with Gasteiger partial charge in [-0.25, -0.2) is 9.37 Å². The van der Waals surface area contributed by atoms with Crippen molar-refractivity contribution < 1.29 is 4.39 Å². The van der Waals surface area contributed by atoms with Gasteiger partial charge in [-0.3, -0.25) is 0 Å². The first-order valence-electron chi connectivity index (χ1n) is 3.38. The van der Waals surface area contributed by atoms with Crippen LogP contribution in [0.2, 0.25) is 0 Å². The van der Waals surface area contributed by atoms with Gasteiger partial charge in [-0.05, 0) is 17.7 Å². The Morgan fingerprint density at radius 3 is 3.18 bits per heavy atom. The maximum Gasteiger partial charge on any atom is 0.115 e. The van der Waals surface area contributed by atoms with Crippen molar-refractivity contribution in [3.63, 3.8) is 0 Å². The topological polar surface area (TPSA) is 28.7 Å². The predicted octanol–water partition coefficient (Wildman–Crippen LogP) is 2.03. The summed E-state index contributed by atoms with van der Waals surface area (Å²) in [6.45, 7) is -0.422. The molecular formula is C8H7FN2. The molecular weight excluding hydrogens is 143 g/mol. The van der Waals surface area contributed by atoms with E-state index in [1.807, 2.05) is 0 Å². The lowest BCUT2D eigenvalue weighted by molar-refractivity contribution is 0.485. The van der Waals surface area contributed by atoms with Gasteiger partial charge in [0.05, 0.1) is 17.4 Å². The Kier molecular flexibility index (Phi) is 1.35. The Labute approximate surface area is 63.1 Å². The lowest BCUT2D eigenvalue weighted by atomic mass is 10.2. The molecule has 0 aliphatic heterocycles. The van der Waals surface area contributed by atoms with Gasteiger partial charge >= 0.3 is 0 Å². The highest BCUT2D eigenvalue weighted by Gasteiger charge is 1.96. The molecule has 3 heteroatoms. The number of nitrogens with zero attached hydrogens (tertiary/aromatic N) is 1.